The Morgan fingerprint density at radius 1 is 1.15 bits per heavy atom. The maximum Gasteiger partial charge on any atom is 0.248 e. The Morgan fingerprint density at radius 2 is 1.85 bits per heavy atom. The summed E-state index contributed by atoms with van der Waals surface area (Å²) in [6, 6.07) is 3.85. The van der Waals surface area contributed by atoms with Gasteiger partial charge in [0, 0.05) is 42.0 Å². The number of rotatable bonds is 4. The number of hydrogen-bond acceptors (Lipinski definition) is 6. The number of nitrogens with one attached hydrogen (secondary N) is 1. The lowest BCUT2D eigenvalue weighted by Gasteiger charge is -2.16. The van der Waals surface area contributed by atoms with Gasteiger partial charge < -0.3 is 10.2 Å². The Bertz CT molecular complexity index is 843. The molecule has 1 aliphatic heterocycles. The van der Waals surface area contributed by atoms with Crippen LogP contribution in [0, 0.1) is 20.8 Å². The number of aryl methyl sites for hydroxylation is 3. The van der Waals surface area contributed by atoms with Crippen molar-refractivity contribution in [3.63, 3.8) is 0 Å². The summed E-state index contributed by atoms with van der Waals surface area (Å²) in [7, 11) is 0. The van der Waals surface area contributed by atoms with Crippen molar-refractivity contribution in [2.24, 2.45) is 0 Å². The number of carbonyl (C=O) groups excluding carboxylic acids is 1. The van der Waals surface area contributed by atoms with Crippen molar-refractivity contribution in [1.29, 1.82) is 0 Å². The summed E-state index contributed by atoms with van der Waals surface area (Å²) in [4.78, 5) is 31.8. The first kappa shape index (κ1) is 18.0. The molecule has 3 heterocycles. The Balaban J connectivity index is 1.80. The number of amides is 1. The fourth-order valence-electron chi connectivity index (χ4n) is 3.22. The van der Waals surface area contributed by atoms with Crippen molar-refractivity contribution in [2.45, 2.75) is 40.0 Å². The zero-order chi connectivity index (χ0) is 18.8. The molecule has 0 bridgehead atoms. The van der Waals surface area contributed by atoms with Gasteiger partial charge in [-0.2, -0.15) is 0 Å². The first-order chi connectivity index (χ1) is 12.3. The van der Waals surface area contributed by atoms with E-state index >= 15 is 0 Å². The number of anilines is 2. The van der Waals surface area contributed by atoms with Gasteiger partial charge in [0.05, 0.1) is 5.69 Å². The van der Waals surface area contributed by atoms with Crippen LogP contribution in [0.5, 0.6) is 0 Å². The molecule has 7 nitrogen and oxygen atoms in total. The average Bonchev–Trinajstić information content (AvgIpc) is 3.02. The lowest BCUT2D eigenvalue weighted by molar-refractivity contribution is -0.126. The van der Waals surface area contributed by atoms with E-state index in [4.69, 9.17) is 0 Å². The zero-order valence-corrected chi connectivity index (χ0v) is 15.7. The normalized spacial score (nSPS) is 16.6. The molecule has 1 fully saturated rings. The third-order valence-electron chi connectivity index (χ3n) is 4.34. The van der Waals surface area contributed by atoms with E-state index in [1.54, 1.807) is 6.92 Å². The monoisotopic (exact) mass is 352 g/mol. The van der Waals surface area contributed by atoms with E-state index < -0.39 is 0 Å². The van der Waals surface area contributed by atoms with Crippen molar-refractivity contribution in [1.82, 2.24) is 24.8 Å². The van der Waals surface area contributed by atoms with Gasteiger partial charge in [0.15, 0.2) is 0 Å². The highest BCUT2D eigenvalue weighted by Crippen LogP contribution is 2.28. The minimum absolute atomic E-state index is 0.0141. The van der Waals surface area contributed by atoms with Gasteiger partial charge in [0.1, 0.15) is 11.6 Å². The van der Waals surface area contributed by atoms with Gasteiger partial charge in [-0.15, -0.1) is 0 Å². The van der Waals surface area contributed by atoms with E-state index in [1.807, 2.05) is 37.8 Å². The van der Waals surface area contributed by atoms with Crippen molar-refractivity contribution >= 4 is 17.7 Å². The van der Waals surface area contributed by atoms with Crippen LogP contribution < -0.4 is 5.32 Å². The molecule has 0 spiro atoms. The number of carbonyl (C=O) groups is 1. The molecule has 26 heavy (non-hydrogen) atoms. The molecule has 3 rings (SSSR count). The molecule has 1 amide bonds. The number of nitrogens with zero attached hydrogens (tertiary/aromatic N) is 5. The van der Waals surface area contributed by atoms with Crippen LogP contribution in [0.2, 0.25) is 0 Å². The molecule has 0 aromatic carbocycles. The van der Waals surface area contributed by atoms with Crippen LogP contribution in [0.4, 0.5) is 11.8 Å². The van der Waals surface area contributed by atoms with Gasteiger partial charge in [-0.05, 0) is 40.2 Å². The van der Waals surface area contributed by atoms with Crippen LogP contribution in [0.15, 0.2) is 24.3 Å². The average molecular weight is 352 g/mol. The predicted molar refractivity (Wildman–Crippen MR) is 100 cm³/mol. The van der Waals surface area contributed by atoms with Crippen molar-refractivity contribution in [3.8, 4) is 0 Å². The van der Waals surface area contributed by atoms with Crippen LogP contribution in [0.3, 0.4) is 0 Å². The molecule has 2 aromatic rings. The minimum atomic E-state index is 0.0141. The fourth-order valence-corrected chi connectivity index (χ4v) is 3.22. The summed E-state index contributed by atoms with van der Waals surface area (Å²) >= 11 is 0. The molecule has 2 aromatic heterocycles. The topological polar surface area (TPSA) is 83.9 Å². The molecule has 0 radical (unpaired) electrons. The highest BCUT2D eigenvalue weighted by atomic mass is 16.2. The number of hydrogen-bond donors (Lipinski definition) is 1. The maximum atomic E-state index is 12.1. The van der Waals surface area contributed by atoms with E-state index in [1.165, 1.54) is 0 Å². The molecule has 136 valence electrons. The summed E-state index contributed by atoms with van der Waals surface area (Å²) < 4.78 is 0. The molecule has 0 saturated carbocycles. The zero-order valence-electron chi connectivity index (χ0n) is 15.7. The minimum Gasteiger partial charge on any atom is -0.338 e. The van der Waals surface area contributed by atoms with Gasteiger partial charge in [-0.25, -0.2) is 19.9 Å². The van der Waals surface area contributed by atoms with E-state index in [-0.39, 0.29) is 11.8 Å². The van der Waals surface area contributed by atoms with Gasteiger partial charge in [0.2, 0.25) is 11.9 Å². The number of likely N-dealkylation sites (tertiary alicyclic amines) is 1. The van der Waals surface area contributed by atoms with Crippen molar-refractivity contribution in [3.05, 3.63) is 47.2 Å². The lowest BCUT2D eigenvalue weighted by atomic mass is 10.0. The van der Waals surface area contributed by atoms with Gasteiger partial charge in [-0.3, -0.25) is 4.79 Å². The summed E-state index contributed by atoms with van der Waals surface area (Å²) in [5.74, 6) is 2.08. The second-order valence-corrected chi connectivity index (χ2v) is 6.84. The maximum absolute atomic E-state index is 12.1. The number of aromatic nitrogens is 4. The van der Waals surface area contributed by atoms with Gasteiger partial charge in [-0.1, -0.05) is 6.58 Å². The third-order valence-corrected chi connectivity index (χ3v) is 4.34. The predicted octanol–water partition coefficient (Wildman–Crippen LogP) is 2.83. The van der Waals surface area contributed by atoms with Crippen molar-refractivity contribution < 1.29 is 4.79 Å². The van der Waals surface area contributed by atoms with Crippen LogP contribution in [0.1, 0.15) is 42.2 Å². The molecule has 1 atom stereocenters. The summed E-state index contributed by atoms with van der Waals surface area (Å²) in [5, 5.41) is 3.17. The Hall–Kier alpha value is -2.83. The smallest absolute Gasteiger partial charge is 0.248 e. The molecular weight excluding hydrogens is 328 g/mol. The highest BCUT2D eigenvalue weighted by Gasteiger charge is 2.28. The summed E-state index contributed by atoms with van der Waals surface area (Å²) in [5.41, 5.74) is 3.30. The SMILES string of the molecule is C=C(C)C(=O)N1CCC(c2cc(Nc3nc(C)cc(C)n3)nc(C)n2)C1. The quantitative estimate of drug-likeness (QED) is 0.852. The summed E-state index contributed by atoms with van der Waals surface area (Å²) in [6.07, 6.45) is 0.884. The van der Waals surface area contributed by atoms with Crippen LogP contribution in [0.25, 0.3) is 0 Å². The second-order valence-electron chi connectivity index (χ2n) is 6.84. The molecule has 1 unspecified atom stereocenters. The Labute approximate surface area is 153 Å². The van der Waals surface area contributed by atoms with E-state index in [0.717, 1.165) is 30.0 Å². The summed E-state index contributed by atoms with van der Waals surface area (Å²) in [6.45, 7) is 12.6. The Kier molecular flexibility index (Phi) is 4.97. The van der Waals surface area contributed by atoms with Crippen molar-refractivity contribution in [2.75, 3.05) is 18.4 Å². The van der Waals surface area contributed by atoms with Crippen LogP contribution in [-0.2, 0) is 4.79 Å². The Morgan fingerprint density at radius 3 is 2.50 bits per heavy atom. The lowest BCUT2D eigenvalue weighted by Crippen LogP contribution is -2.28. The molecule has 1 aliphatic rings. The molecular formula is C19H24N6O. The first-order valence-corrected chi connectivity index (χ1v) is 8.71. The van der Waals surface area contributed by atoms with E-state index in [9.17, 15) is 4.79 Å². The fraction of sp³-hybridized carbons (Fsp3) is 0.421. The largest absolute Gasteiger partial charge is 0.338 e. The molecule has 1 N–H and O–H groups in total. The molecule has 1 saturated heterocycles. The highest BCUT2D eigenvalue weighted by molar-refractivity contribution is 5.92. The second kappa shape index (κ2) is 7.19. The molecule has 7 heteroatoms. The standard InChI is InChI=1S/C19H24N6O/c1-11(2)18(26)25-7-6-15(10-25)16-9-17(23-14(5)22-16)24-19-20-12(3)8-13(4)21-19/h8-9,15H,1,6-7,10H2,2-5H3,(H,20,21,22,23,24). The molecule has 0 aliphatic carbocycles. The van der Waals surface area contributed by atoms with E-state index in [0.29, 0.717) is 29.7 Å². The van der Waals surface area contributed by atoms with Crippen LogP contribution >= 0.6 is 0 Å². The first-order valence-electron chi connectivity index (χ1n) is 8.71. The van der Waals surface area contributed by atoms with E-state index in [2.05, 4.69) is 31.8 Å². The van der Waals surface area contributed by atoms with Crippen LogP contribution in [-0.4, -0.2) is 43.8 Å². The van der Waals surface area contributed by atoms with Gasteiger partial charge >= 0.3 is 0 Å². The third kappa shape index (κ3) is 4.04. The van der Waals surface area contributed by atoms with Gasteiger partial charge in [0.25, 0.3) is 0 Å².